The van der Waals surface area contributed by atoms with Crippen molar-refractivity contribution in [3.63, 3.8) is 0 Å². The summed E-state index contributed by atoms with van der Waals surface area (Å²) < 4.78 is 0. The van der Waals surface area contributed by atoms with Gasteiger partial charge in [-0.3, -0.25) is 0 Å². The van der Waals surface area contributed by atoms with E-state index in [9.17, 15) is 0 Å². The predicted molar refractivity (Wildman–Crippen MR) is 35.8 cm³/mol. The fourth-order valence-corrected chi connectivity index (χ4v) is 0.241. The average molecular weight is 345 g/mol. The molecule has 3 nitrogen and oxygen atoms in total. The standard InChI is InChI=1S/C5H9O.C2H4O2.Hg/c1-3-4-5(2)6;1-2(3)4;/h3,5-6H,1-2H3;1H3,(H,3,4);/q;;+1/p-1/t5-;;/m0../s1. The van der Waals surface area contributed by atoms with Crippen LogP contribution in [0.5, 0.6) is 0 Å². The number of rotatable bonds is 1. The fraction of sp³-hybridized carbons (Fsp3) is 0.571. The molecule has 0 saturated carbocycles. The summed E-state index contributed by atoms with van der Waals surface area (Å²) in [5.41, 5.74) is 0. The van der Waals surface area contributed by atoms with Crippen LogP contribution in [-0.2, 0) is 32.5 Å². The minimum Gasteiger partial charge on any atom is -0.550 e. The van der Waals surface area contributed by atoms with Crippen molar-refractivity contribution >= 4 is 5.97 Å². The van der Waals surface area contributed by atoms with Gasteiger partial charge in [-0.1, -0.05) is 6.08 Å². The molecule has 0 rings (SSSR count). The van der Waals surface area contributed by atoms with Crippen molar-refractivity contribution in [3.8, 4) is 0 Å². The van der Waals surface area contributed by atoms with Crippen molar-refractivity contribution in [2.45, 2.75) is 26.9 Å². The minimum atomic E-state index is -1.08. The van der Waals surface area contributed by atoms with Crippen LogP contribution < -0.4 is 5.11 Å². The first-order valence-corrected chi connectivity index (χ1v) is 2.90. The molecule has 4 heteroatoms. The van der Waals surface area contributed by atoms with Gasteiger partial charge in [0, 0.05) is 5.97 Å². The number of hydrogen-bond donors (Lipinski definition) is 1. The topological polar surface area (TPSA) is 60.4 Å². The summed E-state index contributed by atoms with van der Waals surface area (Å²) >= 11 is 0. The van der Waals surface area contributed by atoms with Crippen LogP contribution in [0.1, 0.15) is 20.8 Å². The van der Waals surface area contributed by atoms with E-state index in [1.54, 1.807) is 13.0 Å². The maximum atomic E-state index is 8.89. The van der Waals surface area contributed by atoms with Gasteiger partial charge < -0.3 is 15.0 Å². The van der Waals surface area contributed by atoms with Crippen LogP contribution >= 0.6 is 0 Å². The van der Waals surface area contributed by atoms with E-state index in [0.29, 0.717) is 0 Å². The third-order valence-corrected chi connectivity index (χ3v) is 0.408. The third kappa shape index (κ3) is 68.9. The Morgan fingerprint density at radius 1 is 1.73 bits per heavy atom. The molecule has 0 aromatic rings. The molecule has 0 heterocycles. The van der Waals surface area contributed by atoms with Gasteiger partial charge in [-0.15, -0.1) is 0 Å². The van der Waals surface area contributed by atoms with E-state index in [1.807, 2.05) is 6.92 Å². The SMILES string of the molecule is CC(=O)[O-].CC=[C][C@H](C)O.[Hg+]. The van der Waals surface area contributed by atoms with Gasteiger partial charge in [-0.25, -0.2) is 0 Å². The van der Waals surface area contributed by atoms with E-state index in [0.717, 1.165) is 6.92 Å². The largest absolute Gasteiger partial charge is 1.00 e. The Morgan fingerprint density at radius 3 is 2.00 bits per heavy atom. The second-order valence-corrected chi connectivity index (χ2v) is 1.62. The monoisotopic (exact) mass is 346 g/mol. The molecule has 0 aliphatic rings. The fourth-order valence-electron chi connectivity index (χ4n) is 0.241. The average Bonchev–Trinajstić information content (AvgIpc) is 1.62. The van der Waals surface area contributed by atoms with Gasteiger partial charge in [0.25, 0.3) is 0 Å². The van der Waals surface area contributed by atoms with E-state index in [-0.39, 0.29) is 27.7 Å². The van der Waals surface area contributed by atoms with Crippen molar-refractivity contribution in [3.05, 3.63) is 12.2 Å². The van der Waals surface area contributed by atoms with Crippen LogP contribution in [0.3, 0.4) is 0 Å². The second kappa shape index (κ2) is 12.8. The van der Waals surface area contributed by atoms with Crippen LogP contribution in [-0.4, -0.2) is 17.2 Å². The van der Waals surface area contributed by atoms with Gasteiger partial charge in [0.15, 0.2) is 0 Å². The second-order valence-electron chi connectivity index (χ2n) is 1.62. The molecular weight excluding hydrogens is 333 g/mol. The van der Waals surface area contributed by atoms with E-state index in [2.05, 4.69) is 6.08 Å². The van der Waals surface area contributed by atoms with Crippen molar-refractivity contribution in [1.29, 1.82) is 0 Å². The third-order valence-electron chi connectivity index (χ3n) is 0.408. The molecule has 0 spiro atoms. The van der Waals surface area contributed by atoms with Crippen molar-refractivity contribution in [1.82, 2.24) is 0 Å². The number of carboxylic acid groups (broad SMARTS) is 1. The molecule has 0 aliphatic carbocycles. The molecule has 0 bridgehead atoms. The number of hydrogen-bond acceptors (Lipinski definition) is 3. The van der Waals surface area contributed by atoms with Crippen molar-refractivity contribution in [2.75, 3.05) is 0 Å². The Labute approximate surface area is 87.6 Å². The number of aliphatic hydroxyl groups is 1. The zero-order valence-corrected chi connectivity index (χ0v) is 12.6. The Hall–Kier alpha value is 0.105. The van der Waals surface area contributed by atoms with E-state index < -0.39 is 12.1 Å². The Balaban J connectivity index is -0.000000114. The number of carbonyl (C=O) groups excluding carboxylic acids is 1. The summed E-state index contributed by atoms with van der Waals surface area (Å²) in [6.45, 7) is 4.46. The number of carboxylic acids is 1. The van der Waals surface area contributed by atoms with Crippen molar-refractivity contribution in [2.24, 2.45) is 0 Å². The van der Waals surface area contributed by atoms with Crippen LogP contribution in [0.15, 0.2) is 6.08 Å². The number of aliphatic hydroxyl groups excluding tert-OH is 1. The molecule has 2 radical (unpaired) electrons. The number of allylic oxidation sites excluding steroid dienone is 1. The normalized spacial score (nSPS) is 10.9. The molecule has 0 aromatic carbocycles. The summed E-state index contributed by atoms with van der Waals surface area (Å²) in [6.07, 6.45) is 3.93. The molecule has 0 unspecified atom stereocenters. The Morgan fingerprint density at radius 2 is 2.00 bits per heavy atom. The first-order valence-electron chi connectivity index (χ1n) is 2.90. The maximum Gasteiger partial charge on any atom is 1.00 e. The molecule has 0 aliphatic heterocycles. The van der Waals surface area contributed by atoms with E-state index >= 15 is 0 Å². The summed E-state index contributed by atoms with van der Waals surface area (Å²) in [4.78, 5) is 8.89. The number of aliphatic carboxylic acids is 1. The smallest absolute Gasteiger partial charge is 0.550 e. The molecule has 0 aromatic heterocycles. The Kier molecular flexibility index (Phi) is 20.0. The Bertz CT molecular complexity index is 106. The molecule has 60 valence electrons. The van der Waals surface area contributed by atoms with Gasteiger partial charge in [0.2, 0.25) is 0 Å². The van der Waals surface area contributed by atoms with E-state index in [4.69, 9.17) is 15.0 Å². The van der Waals surface area contributed by atoms with Crippen LogP contribution in [0.4, 0.5) is 0 Å². The molecular formula is C7H12HgO3. The summed E-state index contributed by atoms with van der Waals surface area (Å²) in [5.74, 6) is -1.08. The first kappa shape index (κ1) is 17.3. The van der Waals surface area contributed by atoms with Gasteiger partial charge in [0.05, 0.1) is 6.10 Å². The number of carbonyl (C=O) groups is 1. The van der Waals surface area contributed by atoms with Crippen LogP contribution in [0, 0.1) is 6.08 Å². The summed E-state index contributed by atoms with van der Waals surface area (Å²) in [6, 6.07) is 0. The maximum absolute atomic E-state index is 8.89. The molecule has 0 amide bonds. The van der Waals surface area contributed by atoms with Gasteiger partial charge in [-0.2, -0.15) is 0 Å². The molecule has 1 atom stereocenters. The molecule has 11 heavy (non-hydrogen) atoms. The zero-order valence-electron chi connectivity index (χ0n) is 7.13. The predicted octanol–water partition coefficient (Wildman–Crippen LogP) is -0.500. The zero-order chi connectivity index (χ0) is 8.57. The quantitative estimate of drug-likeness (QED) is 0.652. The van der Waals surface area contributed by atoms with Gasteiger partial charge in [0.1, 0.15) is 0 Å². The first-order chi connectivity index (χ1) is 4.50. The van der Waals surface area contributed by atoms with E-state index in [1.165, 1.54) is 0 Å². The molecule has 0 saturated heterocycles. The molecule has 0 fully saturated rings. The van der Waals surface area contributed by atoms with Gasteiger partial charge in [-0.05, 0) is 26.8 Å². The summed E-state index contributed by atoms with van der Waals surface area (Å²) in [7, 11) is 0. The summed E-state index contributed by atoms with van der Waals surface area (Å²) in [5, 5.41) is 17.3. The van der Waals surface area contributed by atoms with Crippen molar-refractivity contribution < 1.29 is 42.7 Å². The molecule has 1 N–H and O–H groups in total. The minimum absolute atomic E-state index is 0. The van der Waals surface area contributed by atoms with Gasteiger partial charge >= 0.3 is 27.7 Å². The van der Waals surface area contributed by atoms with Crippen LogP contribution in [0.2, 0.25) is 0 Å². The van der Waals surface area contributed by atoms with Crippen LogP contribution in [0.25, 0.3) is 0 Å².